The molecule has 0 bridgehead atoms. The normalized spacial score (nSPS) is 14.5. The molecule has 1 aliphatic heterocycles. The maximum absolute atomic E-state index is 11.8. The number of nitrogens with two attached hydrogens (primary N) is 1. The molecule has 9 heteroatoms. The molecule has 0 aliphatic carbocycles. The third kappa shape index (κ3) is 4.09. The third-order valence-corrected chi connectivity index (χ3v) is 6.60. The van der Waals surface area contributed by atoms with Crippen molar-refractivity contribution in [2.24, 2.45) is 11.7 Å². The number of benzene rings is 2. The molecule has 4 rings (SSSR count). The van der Waals surface area contributed by atoms with Gasteiger partial charge in [0, 0.05) is 24.2 Å². The maximum Gasteiger partial charge on any atom is 0.335 e. The van der Waals surface area contributed by atoms with E-state index in [1.54, 1.807) is 24.3 Å². The Hall–Kier alpha value is -3.46. The van der Waals surface area contributed by atoms with Gasteiger partial charge in [0.2, 0.25) is 0 Å². The van der Waals surface area contributed by atoms with Crippen molar-refractivity contribution in [1.82, 2.24) is 4.98 Å². The average Bonchev–Trinajstić information content (AvgIpc) is 3.22. The topological polar surface area (TPSA) is 130 Å². The van der Waals surface area contributed by atoms with Crippen LogP contribution in [0.3, 0.4) is 0 Å². The molecule has 0 radical (unpaired) electrons. The minimum Gasteiger partial charge on any atom is -0.478 e. The number of carboxylic acid groups (broad SMARTS) is 1. The Labute approximate surface area is 182 Å². The van der Waals surface area contributed by atoms with E-state index < -0.39 is 5.97 Å². The second kappa shape index (κ2) is 8.35. The molecule has 2 heterocycles. The number of methoxy groups -OCH3 is 1. The Morgan fingerprint density at radius 2 is 1.87 bits per heavy atom. The first kappa shape index (κ1) is 20.8. The standard InChI is InChI=1S/C22H22N4O4S/c1-30-21(29)14-6-8-26(9-7-14)22-25-18-16(10-15(20(27)28)11-17(18)31-22)12-2-4-13(5-3-12)19(23)24/h2-5,10-11,14H,6-9H2,1H3,(H3,23,24)(H,27,28). The number of hydrogen-bond acceptors (Lipinski definition) is 7. The summed E-state index contributed by atoms with van der Waals surface area (Å²) in [5.41, 5.74) is 8.59. The number of fused-ring (bicyclic) bond motifs is 1. The Morgan fingerprint density at radius 3 is 2.45 bits per heavy atom. The molecule has 0 unspecified atom stereocenters. The van der Waals surface area contributed by atoms with E-state index >= 15 is 0 Å². The summed E-state index contributed by atoms with van der Waals surface area (Å²) >= 11 is 1.45. The summed E-state index contributed by atoms with van der Waals surface area (Å²) < 4.78 is 5.64. The Kier molecular flexibility index (Phi) is 5.60. The van der Waals surface area contributed by atoms with Gasteiger partial charge < -0.3 is 20.5 Å². The van der Waals surface area contributed by atoms with Crippen molar-refractivity contribution in [1.29, 1.82) is 5.41 Å². The van der Waals surface area contributed by atoms with E-state index in [0.717, 1.165) is 26.5 Å². The number of hydrogen-bond donors (Lipinski definition) is 3. The number of carbonyl (C=O) groups excluding carboxylic acids is 1. The summed E-state index contributed by atoms with van der Waals surface area (Å²) in [6.45, 7) is 1.38. The quantitative estimate of drug-likeness (QED) is 0.316. The molecule has 1 aliphatic rings. The monoisotopic (exact) mass is 438 g/mol. The summed E-state index contributed by atoms with van der Waals surface area (Å²) in [6.07, 6.45) is 1.39. The predicted octanol–water partition coefficient (Wildman–Crippen LogP) is 3.33. The van der Waals surface area contributed by atoms with Crippen LogP contribution in [0.25, 0.3) is 21.3 Å². The molecule has 3 aromatic rings. The first-order valence-electron chi connectivity index (χ1n) is 9.83. The summed E-state index contributed by atoms with van der Waals surface area (Å²) in [7, 11) is 1.41. The van der Waals surface area contributed by atoms with Gasteiger partial charge in [0.15, 0.2) is 5.13 Å². The number of amidine groups is 1. The third-order valence-electron chi connectivity index (χ3n) is 5.54. The molecule has 4 N–H and O–H groups in total. The SMILES string of the molecule is COC(=O)C1CCN(c2nc3c(-c4ccc(C(=N)N)cc4)cc(C(=O)O)cc3s2)CC1. The van der Waals surface area contributed by atoms with Gasteiger partial charge in [-0.3, -0.25) is 10.2 Å². The molecule has 1 aromatic heterocycles. The largest absolute Gasteiger partial charge is 0.478 e. The second-order valence-electron chi connectivity index (χ2n) is 7.45. The summed E-state index contributed by atoms with van der Waals surface area (Å²) in [4.78, 5) is 30.4. The van der Waals surface area contributed by atoms with Crippen LogP contribution in [0.1, 0.15) is 28.8 Å². The molecule has 0 spiro atoms. The molecule has 0 amide bonds. The van der Waals surface area contributed by atoms with Gasteiger partial charge in [0.1, 0.15) is 5.84 Å². The Bertz CT molecular complexity index is 1160. The van der Waals surface area contributed by atoms with Gasteiger partial charge in [-0.05, 0) is 30.5 Å². The highest BCUT2D eigenvalue weighted by atomic mass is 32.1. The van der Waals surface area contributed by atoms with Crippen molar-refractivity contribution >= 4 is 44.5 Å². The number of ether oxygens (including phenoxy) is 1. The van der Waals surface area contributed by atoms with Crippen molar-refractivity contribution in [3.05, 3.63) is 47.5 Å². The number of carboxylic acids is 1. The highest BCUT2D eigenvalue weighted by Crippen LogP contribution is 2.37. The minimum absolute atomic E-state index is 0.0257. The zero-order valence-corrected chi connectivity index (χ0v) is 17.7. The van der Waals surface area contributed by atoms with Crippen LogP contribution in [-0.2, 0) is 9.53 Å². The van der Waals surface area contributed by atoms with Crippen LogP contribution in [0, 0.1) is 11.3 Å². The number of carbonyl (C=O) groups is 2. The number of nitrogen functional groups attached to an aromatic ring is 1. The number of piperidine rings is 1. The zero-order valence-electron chi connectivity index (χ0n) is 16.9. The van der Waals surface area contributed by atoms with Crippen LogP contribution in [0.4, 0.5) is 5.13 Å². The van der Waals surface area contributed by atoms with Gasteiger partial charge in [-0.1, -0.05) is 35.6 Å². The fraction of sp³-hybridized carbons (Fsp3) is 0.273. The molecule has 2 aromatic carbocycles. The lowest BCUT2D eigenvalue weighted by atomic mass is 9.97. The molecule has 0 saturated carbocycles. The maximum atomic E-state index is 11.8. The van der Waals surface area contributed by atoms with E-state index in [4.69, 9.17) is 20.9 Å². The number of thiazole rings is 1. The van der Waals surface area contributed by atoms with Gasteiger partial charge in [0.25, 0.3) is 0 Å². The van der Waals surface area contributed by atoms with E-state index in [9.17, 15) is 14.7 Å². The molecule has 8 nitrogen and oxygen atoms in total. The highest BCUT2D eigenvalue weighted by Gasteiger charge is 2.27. The molecule has 160 valence electrons. The lowest BCUT2D eigenvalue weighted by Crippen LogP contribution is -2.36. The van der Waals surface area contributed by atoms with Crippen molar-refractivity contribution in [3.8, 4) is 11.1 Å². The van der Waals surface area contributed by atoms with E-state index in [-0.39, 0.29) is 23.3 Å². The van der Waals surface area contributed by atoms with Crippen molar-refractivity contribution in [3.63, 3.8) is 0 Å². The molecule has 31 heavy (non-hydrogen) atoms. The van der Waals surface area contributed by atoms with Gasteiger partial charge in [-0.15, -0.1) is 0 Å². The van der Waals surface area contributed by atoms with Crippen LogP contribution < -0.4 is 10.6 Å². The molecule has 1 fully saturated rings. The molecular formula is C22H22N4O4S. The van der Waals surface area contributed by atoms with Crippen LogP contribution in [0.5, 0.6) is 0 Å². The second-order valence-corrected chi connectivity index (χ2v) is 8.46. The lowest BCUT2D eigenvalue weighted by molar-refractivity contribution is -0.146. The van der Waals surface area contributed by atoms with Gasteiger partial charge in [-0.25, -0.2) is 9.78 Å². The summed E-state index contributed by atoms with van der Waals surface area (Å²) in [5, 5.41) is 17.9. The highest BCUT2D eigenvalue weighted by molar-refractivity contribution is 7.22. The Morgan fingerprint density at radius 1 is 1.19 bits per heavy atom. The number of aromatic nitrogens is 1. The smallest absolute Gasteiger partial charge is 0.335 e. The number of aromatic carboxylic acids is 1. The number of nitrogens with one attached hydrogen (secondary N) is 1. The Balaban J connectivity index is 1.71. The lowest BCUT2D eigenvalue weighted by Gasteiger charge is -2.30. The number of esters is 1. The van der Waals surface area contributed by atoms with Crippen LogP contribution >= 0.6 is 11.3 Å². The predicted molar refractivity (Wildman–Crippen MR) is 120 cm³/mol. The minimum atomic E-state index is -1.00. The fourth-order valence-corrected chi connectivity index (χ4v) is 4.88. The number of rotatable bonds is 5. The zero-order chi connectivity index (χ0) is 22.1. The van der Waals surface area contributed by atoms with Crippen LogP contribution in [-0.4, -0.2) is 48.1 Å². The summed E-state index contributed by atoms with van der Waals surface area (Å²) in [6, 6.07) is 10.4. The van der Waals surface area contributed by atoms with Crippen molar-refractivity contribution in [2.75, 3.05) is 25.1 Å². The van der Waals surface area contributed by atoms with Crippen LogP contribution in [0.15, 0.2) is 36.4 Å². The number of nitrogens with zero attached hydrogens (tertiary/aromatic N) is 2. The van der Waals surface area contributed by atoms with E-state index in [0.29, 0.717) is 31.5 Å². The van der Waals surface area contributed by atoms with Crippen LogP contribution in [0.2, 0.25) is 0 Å². The van der Waals surface area contributed by atoms with E-state index in [2.05, 4.69) is 4.90 Å². The first-order valence-corrected chi connectivity index (χ1v) is 10.6. The average molecular weight is 439 g/mol. The molecule has 1 saturated heterocycles. The van der Waals surface area contributed by atoms with Gasteiger partial charge in [-0.2, -0.15) is 0 Å². The number of anilines is 1. The molecular weight excluding hydrogens is 416 g/mol. The van der Waals surface area contributed by atoms with Gasteiger partial charge >= 0.3 is 11.9 Å². The van der Waals surface area contributed by atoms with Crippen molar-refractivity contribution < 1.29 is 19.4 Å². The van der Waals surface area contributed by atoms with E-state index in [1.807, 2.05) is 12.1 Å². The van der Waals surface area contributed by atoms with Gasteiger partial charge in [0.05, 0.1) is 28.8 Å². The fourth-order valence-electron chi connectivity index (χ4n) is 3.80. The van der Waals surface area contributed by atoms with E-state index in [1.165, 1.54) is 18.4 Å². The molecule has 0 atom stereocenters. The summed E-state index contributed by atoms with van der Waals surface area (Å²) in [5.74, 6) is -1.30. The first-order chi connectivity index (χ1) is 14.9. The van der Waals surface area contributed by atoms with Crippen molar-refractivity contribution in [2.45, 2.75) is 12.8 Å².